The van der Waals surface area contributed by atoms with Crippen molar-refractivity contribution in [3.63, 3.8) is 0 Å². The van der Waals surface area contributed by atoms with Gasteiger partial charge in [-0.3, -0.25) is 19.2 Å². The van der Waals surface area contributed by atoms with E-state index in [1.165, 1.54) is 18.2 Å². The first-order valence-corrected chi connectivity index (χ1v) is 10.3. The molecule has 3 aromatic rings. The van der Waals surface area contributed by atoms with E-state index in [2.05, 4.69) is 4.74 Å². The summed E-state index contributed by atoms with van der Waals surface area (Å²) >= 11 is 0. The van der Waals surface area contributed by atoms with Crippen LogP contribution in [0, 0.1) is 10.1 Å². The Hall–Kier alpha value is -3.72. The fourth-order valence-electron chi connectivity index (χ4n) is 2.92. The number of carbonyl (C=O) groups excluding carboxylic acids is 1. The van der Waals surface area contributed by atoms with E-state index in [1.807, 2.05) is 30.3 Å². The number of rotatable bonds is 7. The number of anilines is 1. The number of sulfonamides is 1. The first-order chi connectivity index (χ1) is 14.3. The Balaban J connectivity index is 2.19. The van der Waals surface area contributed by atoms with Crippen LogP contribution in [0.3, 0.4) is 0 Å². The molecule has 0 unspecified atom stereocenters. The fourth-order valence-corrected chi connectivity index (χ4v) is 4.39. The van der Waals surface area contributed by atoms with Gasteiger partial charge in [0.2, 0.25) is 0 Å². The molecule has 0 aromatic heterocycles. The van der Waals surface area contributed by atoms with Gasteiger partial charge in [-0.15, -0.1) is 0 Å². The molecule has 0 radical (unpaired) electrons. The summed E-state index contributed by atoms with van der Waals surface area (Å²) in [6.45, 7) is -0.592. The van der Waals surface area contributed by atoms with Crippen molar-refractivity contribution in [3.8, 4) is 11.1 Å². The summed E-state index contributed by atoms with van der Waals surface area (Å²) in [6, 6.07) is 20.5. The average molecular weight is 426 g/mol. The topological polar surface area (TPSA) is 107 Å². The maximum absolute atomic E-state index is 13.4. The third-order valence-electron chi connectivity index (χ3n) is 4.37. The molecule has 0 aliphatic heterocycles. The van der Waals surface area contributed by atoms with Crippen LogP contribution in [0.5, 0.6) is 0 Å². The summed E-state index contributed by atoms with van der Waals surface area (Å²) < 4.78 is 32.5. The summed E-state index contributed by atoms with van der Waals surface area (Å²) in [5.41, 5.74) is 1.21. The molecule has 3 aromatic carbocycles. The maximum Gasteiger partial charge on any atom is 0.326 e. The van der Waals surface area contributed by atoms with Crippen molar-refractivity contribution in [1.29, 1.82) is 0 Å². The molecule has 0 aliphatic carbocycles. The average Bonchev–Trinajstić information content (AvgIpc) is 2.77. The number of benzene rings is 3. The summed E-state index contributed by atoms with van der Waals surface area (Å²) in [6.07, 6.45) is 0. The predicted octanol–water partition coefficient (Wildman–Crippen LogP) is 3.63. The zero-order valence-corrected chi connectivity index (χ0v) is 16.8. The Morgan fingerprint density at radius 1 is 1.00 bits per heavy atom. The number of non-ortho nitro benzene ring substituents is 1. The van der Waals surface area contributed by atoms with Gasteiger partial charge in [0.15, 0.2) is 0 Å². The van der Waals surface area contributed by atoms with Crippen molar-refractivity contribution in [2.45, 2.75) is 4.90 Å². The van der Waals surface area contributed by atoms with Gasteiger partial charge < -0.3 is 4.74 Å². The van der Waals surface area contributed by atoms with E-state index < -0.39 is 27.5 Å². The van der Waals surface area contributed by atoms with E-state index in [0.29, 0.717) is 5.56 Å². The van der Waals surface area contributed by atoms with Crippen molar-refractivity contribution in [1.82, 2.24) is 0 Å². The van der Waals surface area contributed by atoms with Crippen LogP contribution in [0.1, 0.15) is 0 Å². The van der Waals surface area contributed by atoms with Crippen LogP contribution in [-0.4, -0.2) is 33.0 Å². The standard InChI is InChI=1S/C21H18N2O6S/c1-29-21(24)15-22(30(27,28)18-11-7-10-17(14-18)23(25)26)20-13-6-5-12-19(20)16-8-3-2-4-9-16/h2-14H,15H2,1H3. The minimum absolute atomic E-state index is 0.251. The molecule has 154 valence electrons. The van der Waals surface area contributed by atoms with Crippen molar-refractivity contribution in [2.24, 2.45) is 0 Å². The number of carbonyl (C=O) groups is 1. The largest absolute Gasteiger partial charge is 0.468 e. The second-order valence-corrected chi connectivity index (χ2v) is 8.09. The second-order valence-electron chi connectivity index (χ2n) is 6.23. The van der Waals surface area contributed by atoms with Crippen LogP contribution >= 0.6 is 0 Å². The molecule has 8 nitrogen and oxygen atoms in total. The Kier molecular flexibility index (Phi) is 6.12. The molecular formula is C21H18N2O6S. The molecule has 0 heterocycles. The van der Waals surface area contributed by atoms with Gasteiger partial charge in [-0.05, 0) is 17.7 Å². The van der Waals surface area contributed by atoms with Crippen molar-refractivity contribution >= 4 is 27.4 Å². The van der Waals surface area contributed by atoms with Crippen LogP contribution in [-0.2, 0) is 19.6 Å². The number of nitro groups is 1. The zero-order valence-electron chi connectivity index (χ0n) is 16.0. The molecular weight excluding hydrogens is 408 g/mol. The Labute approximate surface area is 173 Å². The first kappa shape index (κ1) is 21.0. The molecule has 0 saturated heterocycles. The number of para-hydroxylation sites is 1. The molecule has 0 spiro atoms. The number of methoxy groups -OCH3 is 1. The van der Waals surface area contributed by atoms with Gasteiger partial charge in [-0.1, -0.05) is 54.6 Å². The van der Waals surface area contributed by atoms with Crippen molar-refractivity contribution in [2.75, 3.05) is 18.0 Å². The number of ether oxygens (including phenoxy) is 1. The zero-order chi connectivity index (χ0) is 21.7. The predicted molar refractivity (Wildman–Crippen MR) is 112 cm³/mol. The molecule has 0 amide bonds. The Bertz CT molecular complexity index is 1180. The molecule has 0 bridgehead atoms. The highest BCUT2D eigenvalue weighted by Crippen LogP contribution is 2.34. The van der Waals surface area contributed by atoms with E-state index in [9.17, 15) is 23.3 Å². The highest BCUT2D eigenvalue weighted by atomic mass is 32.2. The maximum atomic E-state index is 13.4. The van der Waals surface area contributed by atoms with Crippen LogP contribution in [0.15, 0.2) is 83.8 Å². The third kappa shape index (κ3) is 4.31. The quantitative estimate of drug-likeness (QED) is 0.324. The highest BCUT2D eigenvalue weighted by Gasteiger charge is 2.30. The van der Waals surface area contributed by atoms with Crippen LogP contribution in [0.25, 0.3) is 11.1 Å². The van der Waals surface area contributed by atoms with E-state index in [1.54, 1.807) is 24.3 Å². The van der Waals surface area contributed by atoms with Gasteiger partial charge in [-0.2, -0.15) is 0 Å². The monoisotopic (exact) mass is 426 g/mol. The summed E-state index contributed by atoms with van der Waals surface area (Å²) in [7, 11) is -3.16. The number of esters is 1. The Morgan fingerprint density at radius 2 is 1.67 bits per heavy atom. The van der Waals surface area contributed by atoms with Crippen molar-refractivity contribution in [3.05, 3.63) is 89.0 Å². The van der Waals surface area contributed by atoms with Gasteiger partial charge in [0, 0.05) is 17.7 Å². The van der Waals surface area contributed by atoms with Gasteiger partial charge in [-0.25, -0.2) is 8.42 Å². The molecule has 0 saturated carbocycles. The van der Waals surface area contributed by atoms with E-state index in [-0.39, 0.29) is 16.3 Å². The number of nitro benzene ring substituents is 1. The molecule has 0 fully saturated rings. The lowest BCUT2D eigenvalue weighted by atomic mass is 10.0. The third-order valence-corrected chi connectivity index (χ3v) is 6.13. The number of hydrogen-bond acceptors (Lipinski definition) is 6. The molecule has 3 rings (SSSR count). The smallest absolute Gasteiger partial charge is 0.326 e. The number of nitrogens with zero attached hydrogens (tertiary/aromatic N) is 2. The summed E-state index contributed by atoms with van der Waals surface area (Å²) in [5, 5.41) is 11.1. The van der Waals surface area contributed by atoms with E-state index in [0.717, 1.165) is 23.0 Å². The van der Waals surface area contributed by atoms with E-state index in [4.69, 9.17) is 0 Å². The van der Waals surface area contributed by atoms with Crippen molar-refractivity contribution < 1.29 is 22.9 Å². The fraction of sp³-hybridized carbons (Fsp3) is 0.0952. The molecule has 0 N–H and O–H groups in total. The molecule has 30 heavy (non-hydrogen) atoms. The van der Waals surface area contributed by atoms with Gasteiger partial charge in [0.1, 0.15) is 6.54 Å². The van der Waals surface area contributed by atoms with Gasteiger partial charge in [0.05, 0.1) is 22.6 Å². The second kappa shape index (κ2) is 8.75. The van der Waals surface area contributed by atoms with E-state index >= 15 is 0 Å². The molecule has 0 aliphatic rings. The molecule has 9 heteroatoms. The highest BCUT2D eigenvalue weighted by molar-refractivity contribution is 7.92. The Morgan fingerprint density at radius 3 is 2.33 bits per heavy atom. The summed E-state index contributed by atoms with van der Waals surface area (Å²) in [4.78, 5) is 22.2. The SMILES string of the molecule is COC(=O)CN(c1ccccc1-c1ccccc1)S(=O)(=O)c1cccc([N+](=O)[O-])c1. The minimum Gasteiger partial charge on any atom is -0.468 e. The normalized spacial score (nSPS) is 11.0. The minimum atomic E-state index is -4.32. The van der Waals surface area contributed by atoms with Crippen LogP contribution in [0.4, 0.5) is 11.4 Å². The lowest BCUT2D eigenvalue weighted by Crippen LogP contribution is -2.36. The lowest BCUT2D eigenvalue weighted by Gasteiger charge is -2.25. The summed E-state index contributed by atoms with van der Waals surface area (Å²) in [5.74, 6) is -0.771. The number of hydrogen-bond donors (Lipinski definition) is 0. The van der Waals surface area contributed by atoms with Gasteiger partial charge in [0.25, 0.3) is 15.7 Å². The van der Waals surface area contributed by atoms with Crippen LogP contribution < -0.4 is 4.31 Å². The van der Waals surface area contributed by atoms with Crippen LogP contribution in [0.2, 0.25) is 0 Å². The first-order valence-electron chi connectivity index (χ1n) is 8.83. The lowest BCUT2D eigenvalue weighted by molar-refractivity contribution is -0.385. The van der Waals surface area contributed by atoms with Gasteiger partial charge >= 0.3 is 5.97 Å². The molecule has 0 atom stereocenters.